The van der Waals surface area contributed by atoms with Crippen molar-refractivity contribution in [1.82, 2.24) is 9.71 Å². The van der Waals surface area contributed by atoms with Gasteiger partial charge in [0.05, 0.1) is 7.11 Å². The zero-order valence-corrected chi connectivity index (χ0v) is 20.4. The molecular weight excluding hydrogens is 513 g/mol. The highest BCUT2D eigenvalue weighted by Gasteiger charge is 2.65. The van der Waals surface area contributed by atoms with Crippen molar-refractivity contribution in [2.24, 2.45) is 5.92 Å². The molecule has 0 unspecified atom stereocenters. The third kappa shape index (κ3) is 4.89. The highest BCUT2D eigenvalue weighted by atomic mass is 32.2. The SMILES string of the molecule is CCNS(=O)(=O)c1cc(NC(=O)[C@@H]2O[C@@](C)(C(F)(F)F)[C@@H](C)[C@H]2c2ccc(F)c(F)c2OC)ccn1. The van der Waals surface area contributed by atoms with Crippen molar-refractivity contribution in [1.29, 1.82) is 0 Å². The van der Waals surface area contributed by atoms with E-state index >= 15 is 0 Å². The molecule has 0 radical (unpaired) electrons. The fourth-order valence-electron chi connectivity index (χ4n) is 4.15. The van der Waals surface area contributed by atoms with Gasteiger partial charge in [-0.15, -0.1) is 0 Å². The Kier molecular flexibility index (Phi) is 7.63. The van der Waals surface area contributed by atoms with E-state index in [4.69, 9.17) is 9.47 Å². The van der Waals surface area contributed by atoms with Crippen LogP contribution < -0.4 is 14.8 Å². The minimum absolute atomic E-state index is 0.0716. The highest BCUT2D eigenvalue weighted by molar-refractivity contribution is 7.89. The van der Waals surface area contributed by atoms with E-state index in [1.54, 1.807) is 6.92 Å². The minimum Gasteiger partial charge on any atom is -0.493 e. The van der Waals surface area contributed by atoms with Crippen molar-refractivity contribution in [3.63, 3.8) is 0 Å². The van der Waals surface area contributed by atoms with Crippen LogP contribution in [0.5, 0.6) is 5.75 Å². The van der Waals surface area contributed by atoms with Crippen LogP contribution >= 0.6 is 0 Å². The normalized spacial score (nSPS) is 24.5. The summed E-state index contributed by atoms with van der Waals surface area (Å²) in [6.45, 7) is 3.56. The summed E-state index contributed by atoms with van der Waals surface area (Å²) in [5.74, 6) is -7.27. The van der Waals surface area contributed by atoms with Crippen LogP contribution in [0.25, 0.3) is 0 Å². The van der Waals surface area contributed by atoms with Crippen LogP contribution in [0.4, 0.5) is 27.6 Å². The Morgan fingerprint density at radius 3 is 2.50 bits per heavy atom. The average Bonchev–Trinajstić information content (AvgIpc) is 3.07. The number of ether oxygens (including phenoxy) is 2. The highest BCUT2D eigenvalue weighted by Crippen LogP contribution is 2.55. The number of hydrogen-bond donors (Lipinski definition) is 2. The number of benzene rings is 1. The first-order valence-electron chi connectivity index (χ1n) is 10.7. The van der Waals surface area contributed by atoms with E-state index in [0.717, 1.165) is 38.4 Å². The summed E-state index contributed by atoms with van der Waals surface area (Å²) in [7, 11) is -2.98. The number of sulfonamides is 1. The van der Waals surface area contributed by atoms with E-state index in [9.17, 15) is 35.2 Å². The second-order valence-corrected chi connectivity index (χ2v) is 10.0. The molecule has 1 aliphatic heterocycles. The molecule has 2 N–H and O–H groups in total. The molecule has 0 spiro atoms. The zero-order chi connectivity index (χ0) is 27.1. The number of anilines is 1. The molecule has 8 nitrogen and oxygen atoms in total. The molecule has 1 fully saturated rings. The Labute approximate surface area is 204 Å². The maximum absolute atomic E-state index is 14.4. The molecule has 4 atom stereocenters. The van der Waals surface area contributed by atoms with Crippen molar-refractivity contribution in [3.8, 4) is 5.75 Å². The number of aromatic nitrogens is 1. The molecule has 198 valence electrons. The van der Waals surface area contributed by atoms with Crippen LogP contribution in [0.3, 0.4) is 0 Å². The Hall–Kier alpha value is -2.84. The Morgan fingerprint density at radius 2 is 1.92 bits per heavy atom. The first-order valence-corrected chi connectivity index (χ1v) is 12.2. The molecule has 2 heterocycles. The topological polar surface area (TPSA) is 107 Å². The van der Waals surface area contributed by atoms with Gasteiger partial charge in [0.2, 0.25) is 5.82 Å². The molecule has 0 aliphatic carbocycles. The largest absolute Gasteiger partial charge is 0.493 e. The number of rotatable bonds is 7. The maximum atomic E-state index is 14.4. The fraction of sp³-hybridized carbons (Fsp3) is 0.455. The number of methoxy groups -OCH3 is 1. The smallest absolute Gasteiger partial charge is 0.417 e. The number of halogens is 5. The first-order chi connectivity index (χ1) is 16.7. The maximum Gasteiger partial charge on any atom is 0.417 e. The lowest BCUT2D eigenvalue weighted by Crippen LogP contribution is -2.47. The molecule has 1 aliphatic rings. The van der Waals surface area contributed by atoms with E-state index in [1.807, 2.05) is 0 Å². The van der Waals surface area contributed by atoms with Gasteiger partial charge in [-0.3, -0.25) is 4.79 Å². The molecule has 36 heavy (non-hydrogen) atoms. The van der Waals surface area contributed by atoms with Gasteiger partial charge in [0, 0.05) is 41.9 Å². The van der Waals surface area contributed by atoms with Crippen LogP contribution in [0, 0.1) is 17.6 Å². The van der Waals surface area contributed by atoms with Gasteiger partial charge < -0.3 is 14.8 Å². The number of hydrogen-bond acceptors (Lipinski definition) is 6. The zero-order valence-electron chi connectivity index (χ0n) is 19.6. The predicted octanol–water partition coefficient (Wildman–Crippen LogP) is 3.74. The van der Waals surface area contributed by atoms with Crippen LogP contribution in [-0.2, 0) is 19.6 Å². The van der Waals surface area contributed by atoms with E-state index in [2.05, 4.69) is 15.0 Å². The van der Waals surface area contributed by atoms with Crippen molar-refractivity contribution in [2.45, 2.75) is 49.6 Å². The second kappa shape index (κ2) is 9.90. The summed E-state index contributed by atoms with van der Waals surface area (Å²) in [5, 5.41) is 1.91. The standard InChI is InChI=1S/C22H24F5N3O5S/c1-5-29-36(32,33)15-10-12(8-9-28-15)30-20(31)19-16(11(2)21(3,35-19)22(25,26)27)13-6-7-14(23)17(24)18(13)34-4/h6-11,16,19,29H,5H2,1-4H3,(H,28,30,31)/t11-,16-,19+,21+/m0/s1. The van der Waals surface area contributed by atoms with Gasteiger partial charge in [0.25, 0.3) is 15.9 Å². The van der Waals surface area contributed by atoms with Crippen molar-refractivity contribution in [3.05, 3.63) is 47.7 Å². The molecular formula is C22H24F5N3O5S. The lowest BCUT2D eigenvalue weighted by Gasteiger charge is -2.32. The molecule has 0 bridgehead atoms. The first kappa shape index (κ1) is 27.7. The second-order valence-electron chi connectivity index (χ2n) is 8.31. The van der Waals surface area contributed by atoms with Gasteiger partial charge in [-0.05, 0) is 19.1 Å². The molecule has 1 amide bonds. The molecule has 3 rings (SSSR count). The summed E-state index contributed by atoms with van der Waals surface area (Å²) in [4.78, 5) is 16.9. The fourth-order valence-corrected chi connectivity index (χ4v) is 5.16. The summed E-state index contributed by atoms with van der Waals surface area (Å²) >= 11 is 0. The van der Waals surface area contributed by atoms with Crippen molar-refractivity contribution < 1.29 is 44.6 Å². The number of nitrogens with one attached hydrogen (secondary N) is 2. The molecule has 0 saturated carbocycles. The monoisotopic (exact) mass is 537 g/mol. The van der Waals surface area contributed by atoms with Crippen LogP contribution in [0.15, 0.2) is 35.5 Å². The number of amides is 1. The van der Waals surface area contributed by atoms with E-state index in [1.165, 1.54) is 13.0 Å². The van der Waals surface area contributed by atoms with E-state index < -0.39 is 68.1 Å². The molecule has 2 aromatic rings. The van der Waals surface area contributed by atoms with Crippen LogP contribution in [-0.4, -0.2) is 50.8 Å². The number of pyridine rings is 1. The number of nitrogens with zero attached hydrogens (tertiary/aromatic N) is 1. The van der Waals surface area contributed by atoms with E-state index in [-0.39, 0.29) is 17.8 Å². The Bertz CT molecular complexity index is 1260. The number of carbonyl (C=O) groups excluding carboxylic acids is 1. The average molecular weight is 538 g/mol. The van der Waals surface area contributed by atoms with Crippen molar-refractivity contribution in [2.75, 3.05) is 19.0 Å². The van der Waals surface area contributed by atoms with Crippen LogP contribution in [0.2, 0.25) is 0 Å². The molecule has 1 aromatic carbocycles. The van der Waals surface area contributed by atoms with Gasteiger partial charge in [0.15, 0.2) is 22.2 Å². The predicted molar refractivity (Wildman–Crippen MR) is 118 cm³/mol. The summed E-state index contributed by atoms with van der Waals surface area (Å²) < 4.78 is 107. The molecule has 1 aromatic heterocycles. The third-order valence-corrected chi connectivity index (χ3v) is 7.63. The van der Waals surface area contributed by atoms with E-state index in [0.29, 0.717) is 0 Å². The number of alkyl halides is 3. The Morgan fingerprint density at radius 1 is 1.25 bits per heavy atom. The summed E-state index contributed by atoms with van der Waals surface area (Å²) in [5.41, 5.74) is -3.10. The summed E-state index contributed by atoms with van der Waals surface area (Å²) in [6.07, 6.45) is -5.66. The molecule has 1 saturated heterocycles. The lowest BCUT2D eigenvalue weighted by molar-refractivity contribution is -0.272. The Balaban J connectivity index is 2.05. The summed E-state index contributed by atoms with van der Waals surface area (Å²) in [6, 6.07) is 4.01. The van der Waals surface area contributed by atoms with Crippen molar-refractivity contribution >= 4 is 21.6 Å². The van der Waals surface area contributed by atoms with Crippen LogP contribution in [0.1, 0.15) is 32.3 Å². The van der Waals surface area contributed by atoms with Gasteiger partial charge >= 0.3 is 6.18 Å². The molecule has 14 heteroatoms. The minimum atomic E-state index is -4.92. The third-order valence-electron chi connectivity index (χ3n) is 6.18. The number of carbonyl (C=O) groups is 1. The van der Waals surface area contributed by atoms with Gasteiger partial charge in [-0.2, -0.15) is 17.6 Å². The van der Waals surface area contributed by atoms with Gasteiger partial charge in [0.1, 0.15) is 6.10 Å². The quantitative estimate of drug-likeness (QED) is 0.522. The van der Waals surface area contributed by atoms with Gasteiger partial charge in [-0.1, -0.05) is 19.9 Å². The lowest BCUT2D eigenvalue weighted by atomic mass is 9.77. The van der Waals surface area contributed by atoms with Gasteiger partial charge in [-0.25, -0.2) is 22.5 Å².